The number of hydrogen-bond donors (Lipinski definition) is 3. The minimum atomic E-state index is -0.559. The number of urea groups is 2. The van der Waals surface area contributed by atoms with Crippen LogP contribution in [0.4, 0.5) is 42.5 Å². The molecule has 4 amide bonds. The lowest BCUT2D eigenvalue weighted by Gasteiger charge is -2.32. The lowest BCUT2D eigenvalue weighted by Crippen LogP contribution is -2.33. The van der Waals surface area contributed by atoms with E-state index in [0.717, 1.165) is 22.4 Å². The van der Waals surface area contributed by atoms with Gasteiger partial charge < -0.3 is 20.9 Å². The number of para-hydroxylation sites is 2. The number of carbonyl (C=O) groups excluding carboxylic acids is 2. The molecule has 0 radical (unpaired) electrons. The Morgan fingerprint density at radius 1 is 0.976 bits per heavy atom. The van der Waals surface area contributed by atoms with Crippen molar-refractivity contribution in [2.24, 2.45) is 0 Å². The number of fused-ring (bicyclic) bond motifs is 1. The van der Waals surface area contributed by atoms with Crippen molar-refractivity contribution < 1.29 is 14.0 Å². The van der Waals surface area contributed by atoms with Gasteiger partial charge in [-0.15, -0.1) is 0 Å². The standard InChI is InChI=1S/C31H28BrFN6O2/c1-3-39-19-21(24-15-27(26(33)16-25(24)32)37-30(40)35-22-10-6-4-7-11-22)14-20-18-34-29(17-28(20)39)38(2)31(41)36-23-12-8-5-9-13-23/h4-18H,3,19H2,1-2H3,(H,36,41)(H2,35,37,40). The quantitative estimate of drug-likeness (QED) is 0.208. The first-order valence-electron chi connectivity index (χ1n) is 13.0. The van der Waals surface area contributed by atoms with Crippen molar-refractivity contribution in [3.8, 4) is 0 Å². The number of nitrogens with zero attached hydrogens (tertiary/aromatic N) is 3. The number of rotatable bonds is 6. The third kappa shape index (κ3) is 6.38. The lowest BCUT2D eigenvalue weighted by atomic mass is 9.97. The number of hydrogen-bond acceptors (Lipinski definition) is 4. The summed E-state index contributed by atoms with van der Waals surface area (Å²) in [6.07, 6.45) is 3.72. The smallest absolute Gasteiger partial charge is 0.327 e. The van der Waals surface area contributed by atoms with Crippen molar-refractivity contribution in [2.75, 3.05) is 45.9 Å². The van der Waals surface area contributed by atoms with E-state index >= 15 is 0 Å². The Morgan fingerprint density at radius 3 is 2.29 bits per heavy atom. The fourth-order valence-electron chi connectivity index (χ4n) is 4.51. The molecule has 2 heterocycles. The number of anilines is 5. The van der Waals surface area contributed by atoms with Crippen LogP contribution in [0.25, 0.3) is 11.6 Å². The van der Waals surface area contributed by atoms with Crippen LogP contribution in [-0.4, -0.2) is 37.2 Å². The minimum absolute atomic E-state index is 0.0610. The molecule has 1 aliphatic rings. The number of benzene rings is 3. The zero-order valence-electron chi connectivity index (χ0n) is 22.5. The topological polar surface area (TPSA) is 89.6 Å². The summed E-state index contributed by atoms with van der Waals surface area (Å²) < 4.78 is 15.4. The summed E-state index contributed by atoms with van der Waals surface area (Å²) in [5, 5.41) is 8.19. The van der Waals surface area contributed by atoms with Crippen LogP contribution in [0.1, 0.15) is 18.1 Å². The Morgan fingerprint density at radius 2 is 1.63 bits per heavy atom. The first kappa shape index (κ1) is 27.9. The predicted octanol–water partition coefficient (Wildman–Crippen LogP) is 7.68. The van der Waals surface area contributed by atoms with E-state index in [1.807, 2.05) is 55.5 Å². The van der Waals surface area contributed by atoms with Crippen molar-refractivity contribution in [3.05, 3.63) is 106 Å². The highest BCUT2D eigenvalue weighted by Gasteiger charge is 2.23. The molecule has 3 aromatic carbocycles. The van der Waals surface area contributed by atoms with Crippen LogP contribution in [0.3, 0.4) is 0 Å². The van der Waals surface area contributed by atoms with E-state index < -0.39 is 11.8 Å². The van der Waals surface area contributed by atoms with Crippen LogP contribution in [0.2, 0.25) is 0 Å². The zero-order valence-corrected chi connectivity index (χ0v) is 24.1. The zero-order chi connectivity index (χ0) is 28.9. The number of aromatic nitrogens is 1. The van der Waals surface area contributed by atoms with Crippen LogP contribution in [0, 0.1) is 5.82 Å². The lowest BCUT2D eigenvalue weighted by molar-refractivity contribution is 0.257. The average Bonchev–Trinajstić information content (AvgIpc) is 2.98. The number of likely N-dealkylation sites (N-methyl/N-ethyl adjacent to an activating group) is 1. The fourth-order valence-corrected chi connectivity index (χ4v) is 5.08. The summed E-state index contributed by atoms with van der Waals surface area (Å²) in [6, 6.07) is 22.2. The molecule has 0 saturated heterocycles. The first-order chi connectivity index (χ1) is 19.8. The molecule has 1 aliphatic heterocycles. The van der Waals surface area contributed by atoms with Gasteiger partial charge >= 0.3 is 12.1 Å². The van der Waals surface area contributed by atoms with Crippen LogP contribution in [0.5, 0.6) is 0 Å². The Hall–Kier alpha value is -4.70. The maximum atomic E-state index is 14.9. The van der Waals surface area contributed by atoms with E-state index in [1.54, 1.807) is 43.6 Å². The van der Waals surface area contributed by atoms with E-state index in [-0.39, 0.29) is 11.7 Å². The van der Waals surface area contributed by atoms with Gasteiger partial charge in [-0.2, -0.15) is 0 Å². The van der Waals surface area contributed by atoms with Crippen LogP contribution in [0.15, 0.2) is 89.5 Å². The van der Waals surface area contributed by atoms with Crippen LogP contribution in [-0.2, 0) is 0 Å². The van der Waals surface area contributed by atoms with Crippen molar-refractivity contribution in [1.82, 2.24) is 4.98 Å². The van der Waals surface area contributed by atoms with Crippen molar-refractivity contribution >= 4 is 68.2 Å². The van der Waals surface area contributed by atoms with Gasteiger partial charge in [-0.3, -0.25) is 4.90 Å². The van der Waals surface area contributed by atoms with E-state index in [2.05, 4.69) is 41.8 Å². The molecule has 0 aliphatic carbocycles. The SMILES string of the molecule is CCN1CC(c2cc(NC(=O)Nc3ccccc3)c(F)cc2Br)=Cc2cnc(N(C)C(=O)Nc3ccccc3)cc21. The summed E-state index contributed by atoms with van der Waals surface area (Å²) in [4.78, 5) is 33.5. The molecule has 5 rings (SSSR count). The Kier molecular flexibility index (Phi) is 8.30. The van der Waals surface area contributed by atoms with Gasteiger partial charge in [0.2, 0.25) is 0 Å². The highest BCUT2D eigenvalue weighted by atomic mass is 79.9. The van der Waals surface area contributed by atoms with Gasteiger partial charge in [0, 0.05) is 59.5 Å². The normalized spacial score (nSPS) is 12.2. The fraction of sp³-hybridized carbons (Fsp3) is 0.129. The average molecular weight is 616 g/mol. The molecule has 0 atom stereocenters. The van der Waals surface area contributed by atoms with Gasteiger partial charge in [-0.05, 0) is 60.5 Å². The van der Waals surface area contributed by atoms with Gasteiger partial charge in [-0.1, -0.05) is 52.3 Å². The Balaban J connectivity index is 1.39. The number of pyridine rings is 1. The maximum absolute atomic E-state index is 14.9. The molecule has 4 aromatic rings. The van der Waals surface area contributed by atoms with Gasteiger partial charge in [-0.25, -0.2) is 19.0 Å². The molecule has 208 valence electrons. The predicted molar refractivity (Wildman–Crippen MR) is 167 cm³/mol. The molecule has 3 N–H and O–H groups in total. The Bertz CT molecular complexity index is 1610. The molecule has 0 unspecified atom stereocenters. The molecule has 1 aromatic heterocycles. The second-order valence-electron chi connectivity index (χ2n) is 9.40. The Labute approximate surface area is 246 Å². The number of nitrogens with one attached hydrogen (secondary N) is 3. The summed E-state index contributed by atoms with van der Waals surface area (Å²) in [6.45, 7) is 3.27. The van der Waals surface area contributed by atoms with E-state index in [1.165, 1.54) is 11.0 Å². The van der Waals surface area contributed by atoms with Crippen LogP contribution < -0.4 is 25.8 Å². The molecule has 41 heavy (non-hydrogen) atoms. The van der Waals surface area contributed by atoms with Crippen molar-refractivity contribution in [1.29, 1.82) is 0 Å². The van der Waals surface area contributed by atoms with E-state index in [4.69, 9.17) is 0 Å². The molecular formula is C31H28BrFN6O2. The highest BCUT2D eigenvalue weighted by molar-refractivity contribution is 9.10. The van der Waals surface area contributed by atoms with Crippen LogP contribution >= 0.6 is 15.9 Å². The van der Waals surface area contributed by atoms with Gasteiger partial charge in [0.1, 0.15) is 11.6 Å². The van der Waals surface area contributed by atoms with Crippen molar-refractivity contribution in [2.45, 2.75) is 6.92 Å². The second-order valence-corrected chi connectivity index (χ2v) is 10.3. The molecular weight excluding hydrogens is 587 g/mol. The number of carbonyl (C=O) groups is 2. The van der Waals surface area contributed by atoms with E-state index in [9.17, 15) is 14.0 Å². The molecule has 0 saturated carbocycles. The molecule has 8 nitrogen and oxygen atoms in total. The molecule has 0 spiro atoms. The van der Waals surface area contributed by atoms with Crippen molar-refractivity contribution in [3.63, 3.8) is 0 Å². The minimum Gasteiger partial charge on any atom is -0.367 e. The molecule has 10 heteroatoms. The highest BCUT2D eigenvalue weighted by Crippen LogP contribution is 2.38. The summed E-state index contributed by atoms with van der Waals surface area (Å²) in [5.41, 5.74) is 4.81. The second kappa shape index (κ2) is 12.2. The summed E-state index contributed by atoms with van der Waals surface area (Å²) in [5.74, 6) is -0.0533. The van der Waals surface area contributed by atoms with Gasteiger partial charge in [0.05, 0.1) is 5.69 Å². The van der Waals surface area contributed by atoms with Gasteiger partial charge in [0.15, 0.2) is 0 Å². The number of amides is 4. The largest absolute Gasteiger partial charge is 0.367 e. The summed E-state index contributed by atoms with van der Waals surface area (Å²) in [7, 11) is 1.67. The first-order valence-corrected chi connectivity index (χ1v) is 13.8. The third-order valence-corrected chi connectivity index (χ3v) is 7.32. The monoisotopic (exact) mass is 614 g/mol. The van der Waals surface area contributed by atoms with Gasteiger partial charge in [0.25, 0.3) is 0 Å². The summed E-state index contributed by atoms with van der Waals surface area (Å²) >= 11 is 3.50. The van der Waals surface area contributed by atoms with E-state index in [0.29, 0.717) is 34.8 Å². The molecule has 0 fully saturated rings. The maximum Gasteiger partial charge on any atom is 0.327 e. The number of halogens is 2. The third-order valence-electron chi connectivity index (χ3n) is 6.67. The molecule has 0 bridgehead atoms.